The number of aromatic nitrogens is 3. The maximum atomic E-state index is 13.6. The Balaban J connectivity index is 1.47. The molecule has 5 nitrogen and oxygen atoms in total. The summed E-state index contributed by atoms with van der Waals surface area (Å²) in [6.45, 7) is 0.614. The molecule has 0 radical (unpaired) electrons. The molecule has 27 heavy (non-hydrogen) atoms. The molecular weight excluding hydrogens is 367 g/mol. The minimum atomic E-state index is -0.563. The van der Waals surface area contributed by atoms with Crippen LogP contribution in [0.4, 0.5) is 10.1 Å². The van der Waals surface area contributed by atoms with E-state index in [1.165, 1.54) is 12.3 Å². The fourth-order valence-electron chi connectivity index (χ4n) is 3.28. The van der Waals surface area contributed by atoms with Crippen LogP contribution in [-0.2, 0) is 11.2 Å². The number of amides is 1. The lowest BCUT2D eigenvalue weighted by atomic mass is 9.99. The highest BCUT2D eigenvalue weighted by molar-refractivity contribution is 6.29. The predicted octanol–water partition coefficient (Wildman–Crippen LogP) is 3.93. The van der Waals surface area contributed by atoms with Gasteiger partial charge >= 0.3 is 0 Å². The Morgan fingerprint density at radius 1 is 1.15 bits per heavy atom. The fraction of sp³-hybridized carbons (Fsp3) is 0.200. The topological polar surface area (TPSA) is 59.0 Å². The Hall–Kier alpha value is -2.86. The maximum absolute atomic E-state index is 13.6. The van der Waals surface area contributed by atoms with E-state index in [-0.39, 0.29) is 17.0 Å². The highest BCUT2D eigenvalue weighted by Gasteiger charge is 2.32. The molecule has 0 aromatic carbocycles. The van der Waals surface area contributed by atoms with Gasteiger partial charge in [-0.3, -0.25) is 14.8 Å². The Morgan fingerprint density at radius 3 is 2.67 bits per heavy atom. The van der Waals surface area contributed by atoms with Crippen molar-refractivity contribution in [1.82, 2.24) is 15.0 Å². The quantitative estimate of drug-likeness (QED) is 0.641. The Labute approximate surface area is 160 Å². The van der Waals surface area contributed by atoms with Gasteiger partial charge in [0, 0.05) is 36.6 Å². The Kier molecular flexibility index (Phi) is 4.81. The van der Waals surface area contributed by atoms with Crippen LogP contribution >= 0.6 is 11.6 Å². The molecule has 136 valence electrons. The molecule has 1 atom stereocenters. The van der Waals surface area contributed by atoms with Crippen LogP contribution in [0.2, 0.25) is 5.15 Å². The van der Waals surface area contributed by atoms with E-state index in [1.54, 1.807) is 23.5 Å². The zero-order chi connectivity index (χ0) is 18.8. The molecule has 4 rings (SSSR count). The Morgan fingerprint density at radius 2 is 1.96 bits per heavy atom. The molecular formula is C20H16ClFN4O. The smallest absolute Gasteiger partial charge is 0.230 e. The molecule has 3 aromatic rings. The van der Waals surface area contributed by atoms with Gasteiger partial charge in [0.1, 0.15) is 0 Å². The average molecular weight is 383 g/mol. The van der Waals surface area contributed by atoms with E-state index in [9.17, 15) is 9.18 Å². The lowest BCUT2D eigenvalue weighted by Crippen LogP contribution is -2.27. The molecule has 0 unspecified atom stereocenters. The van der Waals surface area contributed by atoms with E-state index in [0.29, 0.717) is 24.9 Å². The molecule has 4 heterocycles. The van der Waals surface area contributed by atoms with Crippen molar-refractivity contribution >= 4 is 23.2 Å². The lowest BCUT2D eigenvalue weighted by Gasteiger charge is -2.17. The van der Waals surface area contributed by atoms with Crippen molar-refractivity contribution in [2.24, 2.45) is 5.92 Å². The largest absolute Gasteiger partial charge is 0.311 e. The van der Waals surface area contributed by atoms with Crippen LogP contribution in [0.5, 0.6) is 0 Å². The standard InChI is InChI=1S/C20H16ClFN4O/c21-19-17(22)10-13(11-25-19)9-15-5-8-26(20(15)27)16-1-2-18(24-12-16)14-3-6-23-7-4-14/h1-4,6-7,10-12,15H,5,8-9H2/t15-/m0/s1. The normalized spacial score (nSPS) is 16.7. The molecule has 0 saturated carbocycles. The number of carbonyl (C=O) groups excluding carboxylic acids is 1. The molecule has 0 spiro atoms. The van der Waals surface area contributed by atoms with Crippen LogP contribution in [0.1, 0.15) is 12.0 Å². The van der Waals surface area contributed by atoms with Gasteiger partial charge in [0.2, 0.25) is 5.91 Å². The van der Waals surface area contributed by atoms with Crippen molar-refractivity contribution in [2.45, 2.75) is 12.8 Å². The maximum Gasteiger partial charge on any atom is 0.230 e. The van der Waals surface area contributed by atoms with Gasteiger partial charge in [0.25, 0.3) is 0 Å². The van der Waals surface area contributed by atoms with Crippen LogP contribution in [0.3, 0.4) is 0 Å². The van der Waals surface area contributed by atoms with E-state index in [4.69, 9.17) is 11.6 Å². The van der Waals surface area contributed by atoms with Crippen molar-refractivity contribution in [3.8, 4) is 11.3 Å². The molecule has 0 aliphatic carbocycles. The summed E-state index contributed by atoms with van der Waals surface area (Å²) >= 11 is 5.61. The third-order valence-corrected chi connectivity index (χ3v) is 4.97. The number of hydrogen-bond acceptors (Lipinski definition) is 4. The molecule has 0 N–H and O–H groups in total. The highest BCUT2D eigenvalue weighted by Crippen LogP contribution is 2.28. The van der Waals surface area contributed by atoms with Crippen LogP contribution in [0.25, 0.3) is 11.3 Å². The minimum absolute atomic E-state index is 0.0174. The molecule has 1 fully saturated rings. The van der Waals surface area contributed by atoms with Gasteiger partial charge in [-0.05, 0) is 48.7 Å². The SMILES string of the molecule is O=C1[C@H](Cc2cnc(Cl)c(F)c2)CCN1c1ccc(-c2ccncc2)nc1. The third kappa shape index (κ3) is 3.66. The van der Waals surface area contributed by atoms with Gasteiger partial charge in [-0.2, -0.15) is 0 Å². The second kappa shape index (κ2) is 7.40. The first-order valence-electron chi connectivity index (χ1n) is 8.59. The average Bonchev–Trinajstić information content (AvgIpc) is 3.06. The summed E-state index contributed by atoms with van der Waals surface area (Å²) < 4.78 is 13.6. The zero-order valence-corrected chi connectivity index (χ0v) is 15.1. The van der Waals surface area contributed by atoms with Gasteiger partial charge < -0.3 is 4.90 Å². The first kappa shape index (κ1) is 17.5. The van der Waals surface area contributed by atoms with Gasteiger partial charge in [0.15, 0.2) is 11.0 Å². The summed E-state index contributed by atoms with van der Waals surface area (Å²) in [5, 5.41) is -0.154. The molecule has 0 bridgehead atoms. The van der Waals surface area contributed by atoms with Gasteiger partial charge in [-0.25, -0.2) is 9.37 Å². The second-order valence-electron chi connectivity index (χ2n) is 6.43. The fourth-order valence-corrected chi connectivity index (χ4v) is 3.38. The van der Waals surface area contributed by atoms with Crippen LogP contribution in [0, 0.1) is 11.7 Å². The van der Waals surface area contributed by atoms with E-state index in [1.807, 2.05) is 24.3 Å². The van der Waals surface area contributed by atoms with Crippen molar-refractivity contribution in [2.75, 3.05) is 11.4 Å². The van der Waals surface area contributed by atoms with Crippen LogP contribution in [0.15, 0.2) is 55.1 Å². The molecule has 3 aromatic heterocycles. The van der Waals surface area contributed by atoms with E-state index >= 15 is 0 Å². The summed E-state index contributed by atoms with van der Waals surface area (Å²) in [7, 11) is 0. The van der Waals surface area contributed by atoms with Gasteiger partial charge in [0.05, 0.1) is 17.6 Å². The van der Waals surface area contributed by atoms with Gasteiger partial charge in [-0.1, -0.05) is 11.6 Å². The summed E-state index contributed by atoms with van der Waals surface area (Å²) in [6.07, 6.45) is 7.81. The van der Waals surface area contributed by atoms with Crippen LogP contribution in [-0.4, -0.2) is 27.4 Å². The number of pyridine rings is 3. The second-order valence-corrected chi connectivity index (χ2v) is 6.79. The van der Waals surface area contributed by atoms with Crippen LogP contribution < -0.4 is 4.90 Å². The minimum Gasteiger partial charge on any atom is -0.311 e. The molecule has 1 aliphatic rings. The summed E-state index contributed by atoms with van der Waals surface area (Å²) in [5.74, 6) is -0.747. The zero-order valence-electron chi connectivity index (χ0n) is 14.3. The number of nitrogens with zero attached hydrogens (tertiary/aromatic N) is 4. The summed E-state index contributed by atoms with van der Waals surface area (Å²) in [5.41, 5.74) is 3.23. The number of hydrogen-bond donors (Lipinski definition) is 0. The van der Waals surface area contributed by atoms with Gasteiger partial charge in [-0.15, -0.1) is 0 Å². The Bertz CT molecular complexity index is 965. The monoisotopic (exact) mass is 382 g/mol. The van der Waals surface area contributed by atoms with Crippen molar-refractivity contribution < 1.29 is 9.18 Å². The van der Waals surface area contributed by atoms with E-state index < -0.39 is 5.82 Å². The van der Waals surface area contributed by atoms with E-state index in [0.717, 1.165) is 16.9 Å². The first-order valence-corrected chi connectivity index (χ1v) is 8.97. The molecule has 1 saturated heterocycles. The number of halogens is 2. The lowest BCUT2D eigenvalue weighted by molar-refractivity contribution is -0.120. The molecule has 7 heteroatoms. The molecule has 1 aliphatic heterocycles. The summed E-state index contributed by atoms with van der Waals surface area (Å²) in [4.78, 5) is 26.8. The predicted molar refractivity (Wildman–Crippen MR) is 101 cm³/mol. The van der Waals surface area contributed by atoms with Crippen molar-refractivity contribution in [1.29, 1.82) is 0 Å². The van der Waals surface area contributed by atoms with Crippen molar-refractivity contribution in [3.05, 3.63) is 71.7 Å². The third-order valence-electron chi connectivity index (χ3n) is 4.69. The van der Waals surface area contributed by atoms with Crippen molar-refractivity contribution in [3.63, 3.8) is 0 Å². The van der Waals surface area contributed by atoms with E-state index in [2.05, 4.69) is 15.0 Å². The highest BCUT2D eigenvalue weighted by atomic mass is 35.5. The molecule has 1 amide bonds. The first-order chi connectivity index (χ1) is 13.1. The summed E-state index contributed by atoms with van der Waals surface area (Å²) in [6, 6.07) is 8.91. The number of anilines is 1. The number of rotatable bonds is 4. The number of carbonyl (C=O) groups is 1.